The van der Waals surface area contributed by atoms with Gasteiger partial charge in [0.15, 0.2) is 8.07 Å². The summed E-state index contributed by atoms with van der Waals surface area (Å²) in [7, 11) is -2.72. The Morgan fingerprint density at radius 2 is 1.02 bits per heavy atom. The molecule has 0 aliphatic carbocycles. The van der Waals surface area contributed by atoms with Gasteiger partial charge in [0.1, 0.15) is 0 Å². The highest BCUT2D eigenvalue weighted by atomic mass is 28.3. The Bertz CT molecular complexity index is 3330. The minimum absolute atomic E-state index is 0.000534. The Hall–Kier alpha value is -6.62. The van der Waals surface area contributed by atoms with Crippen molar-refractivity contribution >= 4 is 101 Å². The van der Waals surface area contributed by atoms with Crippen molar-refractivity contribution in [2.24, 2.45) is 0 Å². The van der Waals surface area contributed by atoms with E-state index in [4.69, 9.17) is 0 Å². The Morgan fingerprint density at radius 1 is 0.407 bits per heavy atom. The molecular formula is C50H29BN2Si. The molecule has 10 aromatic rings. The largest absolute Gasteiger partial charge is 0.376 e. The lowest BCUT2D eigenvalue weighted by Gasteiger charge is -2.50. The topological polar surface area (TPSA) is 8.17 Å². The molecule has 0 radical (unpaired) electrons. The van der Waals surface area contributed by atoms with Crippen molar-refractivity contribution in [2.45, 2.75) is 0 Å². The first-order valence-electron chi connectivity index (χ1n) is 19.1. The number of para-hydroxylation sites is 3. The zero-order valence-electron chi connectivity index (χ0n) is 29.2. The Kier molecular flexibility index (Phi) is 4.91. The number of anilines is 2. The van der Waals surface area contributed by atoms with E-state index in [1.165, 1.54) is 114 Å². The predicted molar refractivity (Wildman–Crippen MR) is 231 cm³/mol. The van der Waals surface area contributed by atoms with Gasteiger partial charge in [-0.05, 0) is 76.7 Å². The molecule has 14 rings (SSSR count). The van der Waals surface area contributed by atoms with Crippen molar-refractivity contribution in [3.63, 3.8) is 0 Å². The average molecular weight is 697 g/mol. The monoisotopic (exact) mass is 696 g/mol. The SMILES string of the molecule is c1ccc2c(c1)-c1ccccc1[Si]21c2ccccc2N2B3c4c(cc5ccccc5c4-c4cccc1c42)-n1c2c3cccc2c2ccc3ccccc3c21. The zero-order chi connectivity index (χ0) is 34.9. The maximum atomic E-state index is 2.77. The number of hydrogen-bond acceptors (Lipinski definition) is 1. The summed E-state index contributed by atoms with van der Waals surface area (Å²) in [5.41, 5.74) is 15.0. The summed E-state index contributed by atoms with van der Waals surface area (Å²) in [6.07, 6.45) is 0. The second kappa shape index (κ2) is 9.48. The molecular weight excluding hydrogens is 667 g/mol. The van der Waals surface area contributed by atoms with Gasteiger partial charge in [-0.2, -0.15) is 0 Å². The van der Waals surface area contributed by atoms with Gasteiger partial charge in [0, 0.05) is 38.8 Å². The number of fused-ring (bicyclic) bond motifs is 20. The van der Waals surface area contributed by atoms with E-state index in [-0.39, 0.29) is 6.85 Å². The van der Waals surface area contributed by atoms with Gasteiger partial charge >= 0.3 is 6.85 Å². The van der Waals surface area contributed by atoms with Gasteiger partial charge in [0.25, 0.3) is 0 Å². The molecule has 4 heteroatoms. The van der Waals surface area contributed by atoms with Crippen molar-refractivity contribution in [2.75, 3.05) is 4.81 Å². The van der Waals surface area contributed by atoms with E-state index in [1.807, 2.05) is 0 Å². The average Bonchev–Trinajstić information content (AvgIpc) is 3.74. The van der Waals surface area contributed by atoms with E-state index in [0.29, 0.717) is 0 Å². The summed E-state index contributed by atoms with van der Waals surface area (Å²) in [6, 6.07) is 67.6. The van der Waals surface area contributed by atoms with E-state index in [1.54, 1.807) is 0 Å². The molecule has 9 aromatic carbocycles. The number of rotatable bonds is 0. The van der Waals surface area contributed by atoms with Crippen LogP contribution in [0.2, 0.25) is 0 Å². The molecule has 0 unspecified atom stereocenters. The van der Waals surface area contributed by atoms with Crippen molar-refractivity contribution in [1.82, 2.24) is 4.57 Å². The first-order chi connectivity index (χ1) is 26.8. The van der Waals surface area contributed by atoms with Crippen LogP contribution in [0.5, 0.6) is 0 Å². The number of nitrogens with zero attached hydrogens (tertiary/aromatic N) is 2. The highest BCUT2D eigenvalue weighted by Crippen LogP contribution is 2.49. The van der Waals surface area contributed by atoms with Crippen LogP contribution in [0, 0.1) is 0 Å². The second-order valence-corrected chi connectivity index (χ2v) is 19.2. The summed E-state index contributed by atoms with van der Waals surface area (Å²) in [6.45, 7) is -0.000534. The second-order valence-electron chi connectivity index (χ2n) is 15.5. The molecule has 2 nitrogen and oxygen atoms in total. The maximum absolute atomic E-state index is 2.77. The first-order valence-corrected chi connectivity index (χ1v) is 21.1. The van der Waals surface area contributed by atoms with Gasteiger partial charge in [-0.1, -0.05) is 164 Å². The van der Waals surface area contributed by atoms with Crippen LogP contribution in [0.3, 0.4) is 0 Å². The highest BCUT2D eigenvalue weighted by molar-refractivity contribution is 7.24. The number of benzene rings is 9. The van der Waals surface area contributed by atoms with Crippen molar-refractivity contribution in [3.8, 4) is 27.9 Å². The van der Waals surface area contributed by atoms with Crippen LogP contribution in [0.1, 0.15) is 0 Å². The van der Waals surface area contributed by atoms with E-state index >= 15 is 0 Å². The van der Waals surface area contributed by atoms with E-state index in [2.05, 4.69) is 185 Å². The summed E-state index contributed by atoms with van der Waals surface area (Å²) < 4.78 is 2.63. The van der Waals surface area contributed by atoms with Crippen LogP contribution in [0.25, 0.3) is 71.3 Å². The summed E-state index contributed by atoms with van der Waals surface area (Å²) in [4.78, 5) is 2.77. The zero-order valence-corrected chi connectivity index (χ0v) is 30.2. The molecule has 4 aliphatic rings. The van der Waals surface area contributed by atoms with Crippen LogP contribution >= 0.6 is 0 Å². The van der Waals surface area contributed by atoms with Crippen LogP contribution in [0.15, 0.2) is 176 Å². The third-order valence-corrected chi connectivity index (χ3v) is 18.2. The fourth-order valence-electron chi connectivity index (χ4n) is 11.5. The van der Waals surface area contributed by atoms with Gasteiger partial charge < -0.3 is 9.38 Å². The minimum atomic E-state index is -2.72. The lowest BCUT2D eigenvalue weighted by atomic mass is 9.43. The third kappa shape index (κ3) is 2.97. The lowest BCUT2D eigenvalue weighted by Crippen LogP contribution is -2.78. The fourth-order valence-corrected chi connectivity index (χ4v) is 17.1. The third-order valence-electron chi connectivity index (χ3n) is 13.3. The minimum Gasteiger partial charge on any atom is -0.376 e. The maximum Gasteiger partial charge on any atom is 0.333 e. The van der Waals surface area contributed by atoms with Gasteiger partial charge in [-0.25, -0.2) is 0 Å². The van der Waals surface area contributed by atoms with Gasteiger partial charge in [0.2, 0.25) is 0 Å². The first kappa shape index (κ1) is 28.0. The molecule has 4 aliphatic heterocycles. The molecule has 54 heavy (non-hydrogen) atoms. The molecule has 5 heterocycles. The van der Waals surface area contributed by atoms with Crippen LogP contribution in [-0.4, -0.2) is 19.5 Å². The van der Waals surface area contributed by atoms with Crippen LogP contribution in [0.4, 0.5) is 11.4 Å². The Labute approximate surface area is 313 Å². The molecule has 1 spiro atoms. The highest BCUT2D eigenvalue weighted by Gasteiger charge is 2.57. The summed E-state index contributed by atoms with van der Waals surface area (Å²) in [5.74, 6) is 0. The Balaban J connectivity index is 1.22. The summed E-state index contributed by atoms with van der Waals surface area (Å²) >= 11 is 0. The predicted octanol–water partition coefficient (Wildman–Crippen LogP) is 8.00. The van der Waals surface area contributed by atoms with Crippen LogP contribution in [-0.2, 0) is 0 Å². The lowest BCUT2D eigenvalue weighted by molar-refractivity contribution is 1.19. The standard InChI is InChI=1S/C50H29BN2Si/c1-4-16-33-30(13-1)27-28-37-36-19-11-21-39-49(36)52(48(33)37)41-29-31-14-2-3-15-32(31)46-38-20-12-26-45-50(38)53(51(39)47(41)46)40-22-7-10-25-44(40)54(45)42-23-8-5-17-34(42)35-18-6-9-24-43(35)54/h1-29H. The molecule has 1 aromatic heterocycles. The van der Waals surface area contributed by atoms with Crippen molar-refractivity contribution < 1.29 is 0 Å². The number of aromatic nitrogens is 1. The quantitative estimate of drug-likeness (QED) is 0.146. The van der Waals surface area contributed by atoms with Gasteiger partial charge in [0.05, 0.1) is 11.0 Å². The number of hydrogen-bond donors (Lipinski definition) is 0. The molecule has 246 valence electrons. The Morgan fingerprint density at radius 3 is 1.85 bits per heavy atom. The van der Waals surface area contributed by atoms with Crippen molar-refractivity contribution in [1.29, 1.82) is 0 Å². The summed E-state index contributed by atoms with van der Waals surface area (Å²) in [5, 5.41) is 13.8. The molecule has 0 saturated heterocycles. The molecule has 0 atom stereocenters. The molecule has 0 saturated carbocycles. The molecule has 0 bridgehead atoms. The molecule has 0 fully saturated rings. The van der Waals surface area contributed by atoms with Crippen molar-refractivity contribution in [3.05, 3.63) is 176 Å². The van der Waals surface area contributed by atoms with Crippen LogP contribution < -0.4 is 36.5 Å². The van der Waals surface area contributed by atoms with E-state index in [9.17, 15) is 0 Å². The molecule has 0 amide bonds. The van der Waals surface area contributed by atoms with Gasteiger partial charge in [-0.3, -0.25) is 0 Å². The van der Waals surface area contributed by atoms with Gasteiger partial charge in [-0.15, -0.1) is 0 Å². The van der Waals surface area contributed by atoms with E-state index < -0.39 is 8.07 Å². The molecule has 0 N–H and O–H groups in total. The normalized spacial score (nSPS) is 14.7. The van der Waals surface area contributed by atoms with E-state index in [0.717, 1.165) is 0 Å². The fraction of sp³-hybridized carbons (Fsp3) is 0. The smallest absolute Gasteiger partial charge is 0.333 e.